The quantitative estimate of drug-likeness (QED) is 0.764. The summed E-state index contributed by atoms with van der Waals surface area (Å²) in [7, 11) is 1.73. The Kier molecular flexibility index (Phi) is 2.89. The molecule has 0 aliphatic heterocycles. The highest BCUT2D eigenvalue weighted by molar-refractivity contribution is 7.20. The molecule has 14 heavy (non-hydrogen) atoms. The summed E-state index contributed by atoms with van der Waals surface area (Å²) < 4.78 is 5.33. The molecule has 2 aromatic heterocycles. The van der Waals surface area contributed by atoms with Gasteiger partial charge in [0.25, 0.3) is 0 Å². The molecule has 0 N–H and O–H groups in total. The zero-order valence-electron chi connectivity index (χ0n) is 8.24. The number of methoxy groups -OCH3 is 1. The van der Waals surface area contributed by atoms with Gasteiger partial charge in [0.05, 0.1) is 16.9 Å². The number of hydrogen-bond acceptors (Lipinski definition) is 3. The van der Waals surface area contributed by atoms with Crippen LogP contribution in [-0.2, 0) is 6.42 Å². The lowest BCUT2D eigenvalue weighted by Crippen LogP contribution is -1.83. The van der Waals surface area contributed by atoms with Crippen molar-refractivity contribution >= 4 is 22.7 Å². The van der Waals surface area contributed by atoms with Crippen LogP contribution in [0.5, 0.6) is 5.75 Å². The number of aryl methyl sites for hydroxylation is 1. The summed E-state index contributed by atoms with van der Waals surface area (Å²) in [5.41, 5.74) is 1.41. The van der Waals surface area contributed by atoms with Gasteiger partial charge >= 0.3 is 0 Å². The van der Waals surface area contributed by atoms with E-state index in [2.05, 4.69) is 23.8 Å². The first-order valence-corrected chi connectivity index (χ1v) is 6.31. The second kappa shape index (κ2) is 4.15. The smallest absolute Gasteiger partial charge is 0.138 e. The fraction of sp³-hybridized carbons (Fsp3) is 0.273. The molecule has 0 aliphatic carbocycles. The zero-order valence-corrected chi connectivity index (χ0v) is 9.87. The normalized spacial score (nSPS) is 10.4. The number of rotatable bonds is 3. The van der Waals surface area contributed by atoms with Gasteiger partial charge in [-0.3, -0.25) is 0 Å². The molecule has 0 amide bonds. The Hall–Kier alpha value is -0.800. The molecule has 0 fully saturated rings. The highest BCUT2D eigenvalue weighted by Crippen LogP contribution is 2.40. The number of ether oxygens (including phenoxy) is 1. The lowest BCUT2D eigenvalue weighted by Gasteiger charge is -2.02. The van der Waals surface area contributed by atoms with Gasteiger partial charge in [0.2, 0.25) is 0 Å². The predicted molar refractivity (Wildman–Crippen MR) is 63.6 cm³/mol. The summed E-state index contributed by atoms with van der Waals surface area (Å²) in [6.07, 6.45) is 1.08. The van der Waals surface area contributed by atoms with Crippen LogP contribution in [0.1, 0.15) is 12.5 Å². The zero-order chi connectivity index (χ0) is 9.97. The van der Waals surface area contributed by atoms with E-state index in [1.54, 1.807) is 29.8 Å². The first-order valence-electron chi connectivity index (χ1n) is 4.55. The molecule has 0 spiro atoms. The van der Waals surface area contributed by atoms with E-state index < -0.39 is 0 Å². The van der Waals surface area contributed by atoms with Crippen molar-refractivity contribution in [2.45, 2.75) is 13.3 Å². The van der Waals surface area contributed by atoms with Crippen LogP contribution >= 0.6 is 22.7 Å². The van der Waals surface area contributed by atoms with Crippen LogP contribution in [0, 0.1) is 0 Å². The van der Waals surface area contributed by atoms with Crippen molar-refractivity contribution < 1.29 is 4.74 Å². The van der Waals surface area contributed by atoms with E-state index >= 15 is 0 Å². The molecule has 2 aromatic rings. The Labute approximate surface area is 92.0 Å². The van der Waals surface area contributed by atoms with Crippen LogP contribution in [-0.4, -0.2) is 7.11 Å². The van der Waals surface area contributed by atoms with Crippen LogP contribution in [0.15, 0.2) is 22.9 Å². The molecular weight excluding hydrogens is 212 g/mol. The molecular formula is C11H12OS2. The van der Waals surface area contributed by atoms with Gasteiger partial charge in [-0.25, -0.2) is 0 Å². The molecule has 0 atom stereocenters. The summed E-state index contributed by atoms with van der Waals surface area (Å²) in [5, 5.41) is 4.22. The lowest BCUT2D eigenvalue weighted by molar-refractivity contribution is 0.418. The Bertz CT molecular complexity index is 374. The van der Waals surface area contributed by atoms with Crippen molar-refractivity contribution in [3.63, 3.8) is 0 Å². The highest BCUT2D eigenvalue weighted by Gasteiger charge is 2.11. The average Bonchev–Trinajstić information content (AvgIpc) is 2.85. The standard InChI is InChI=1S/C11H12OS2/c1-3-8-4-6-13-10(8)11-9(12-2)5-7-14-11/h4-7H,3H2,1-2H3. The van der Waals surface area contributed by atoms with Gasteiger partial charge < -0.3 is 4.74 Å². The first kappa shape index (κ1) is 9.74. The second-order valence-corrected chi connectivity index (χ2v) is 4.78. The monoisotopic (exact) mass is 224 g/mol. The summed E-state index contributed by atoms with van der Waals surface area (Å²) in [6, 6.07) is 4.22. The second-order valence-electron chi connectivity index (χ2n) is 2.95. The van der Waals surface area contributed by atoms with Crippen molar-refractivity contribution in [3.05, 3.63) is 28.5 Å². The van der Waals surface area contributed by atoms with Gasteiger partial charge in [0.1, 0.15) is 5.75 Å². The van der Waals surface area contributed by atoms with Crippen molar-refractivity contribution in [1.29, 1.82) is 0 Å². The molecule has 2 rings (SSSR count). The highest BCUT2D eigenvalue weighted by atomic mass is 32.1. The molecule has 0 radical (unpaired) electrons. The van der Waals surface area contributed by atoms with Crippen molar-refractivity contribution in [2.24, 2.45) is 0 Å². The minimum Gasteiger partial charge on any atom is -0.495 e. The van der Waals surface area contributed by atoms with Crippen LogP contribution in [0.2, 0.25) is 0 Å². The van der Waals surface area contributed by atoms with Gasteiger partial charge in [-0.1, -0.05) is 6.92 Å². The molecule has 0 bridgehead atoms. The number of thiophene rings is 2. The molecule has 74 valence electrons. The van der Waals surface area contributed by atoms with Gasteiger partial charge in [0, 0.05) is 0 Å². The Morgan fingerprint density at radius 1 is 1.14 bits per heavy atom. The van der Waals surface area contributed by atoms with E-state index in [-0.39, 0.29) is 0 Å². The average molecular weight is 224 g/mol. The third-order valence-electron chi connectivity index (χ3n) is 2.18. The third kappa shape index (κ3) is 1.57. The van der Waals surface area contributed by atoms with E-state index in [0.717, 1.165) is 12.2 Å². The minimum absolute atomic E-state index is 0.993. The van der Waals surface area contributed by atoms with E-state index in [1.165, 1.54) is 15.3 Å². The fourth-order valence-corrected chi connectivity index (χ4v) is 3.50. The van der Waals surface area contributed by atoms with E-state index in [4.69, 9.17) is 4.74 Å². The SMILES string of the molecule is CCc1ccsc1-c1sccc1OC. The number of hydrogen-bond donors (Lipinski definition) is 0. The molecule has 2 heterocycles. The maximum absolute atomic E-state index is 5.33. The summed E-state index contributed by atoms with van der Waals surface area (Å²) in [5.74, 6) is 0.993. The van der Waals surface area contributed by atoms with Crippen molar-refractivity contribution in [1.82, 2.24) is 0 Å². The topological polar surface area (TPSA) is 9.23 Å². The van der Waals surface area contributed by atoms with Gasteiger partial charge in [-0.05, 0) is 34.9 Å². The van der Waals surface area contributed by atoms with Crippen molar-refractivity contribution in [3.8, 4) is 15.5 Å². The maximum Gasteiger partial charge on any atom is 0.138 e. The summed E-state index contributed by atoms with van der Waals surface area (Å²) in [6.45, 7) is 2.19. The molecule has 0 saturated carbocycles. The lowest BCUT2D eigenvalue weighted by atomic mass is 10.2. The van der Waals surface area contributed by atoms with Crippen LogP contribution in [0.3, 0.4) is 0 Å². The Morgan fingerprint density at radius 2 is 1.86 bits per heavy atom. The summed E-state index contributed by atoms with van der Waals surface area (Å²) >= 11 is 3.54. The predicted octanol–water partition coefficient (Wildman–Crippen LogP) is 4.05. The van der Waals surface area contributed by atoms with Crippen LogP contribution < -0.4 is 4.74 Å². The molecule has 1 nitrogen and oxygen atoms in total. The minimum atomic E-state index is 0.993. The molecule has 0 aliphatic rings. The van der Waals surface area contributed by atoms with Crippen LogP contribution in [0.4, 0.5) is 0 Å². The van der Waals surface area contributed by atoms with Gasteiger partial charge in [-0.15, -0.1) is 22.7 Å². The van der Waals surface area contributed by atoms with E-state index in [0.29, 0.717) is 0 Å². The first-order chi connectivity index (χ1) is 6.86. The summed E-state index contributed by atoms with van der Waals surface area (Å²) in [4.78, 5) is 2.62. The van der Waals surface area contributed by atoms with Crippen molar-refractivity contribution in [2.75, 3.05) is 7.11 Å². The fourth-order valence-electron chi connectivity index (χ4n) is 1.44. The molecule has 0 unspecified atom stereocenters. The van der Waals surface area contributed by atoms with Gasteiger partial charge in [-0.2, -0.15) is 0 Å². The van der Waals surface area contributed by atoms with E-state index in [9.17, 15) is 0 Å². The molecule has 3 heteroatoms. The van der Waals surface area contributed by atoms with Crippen LogP contribution in [0.25, 0.3) is 9.75 Å². The maximum atomic E-state index is 5.33. The Morgan fingerprint density at radius 3 is 2.57 bits per heavy atom. The molecule has 0 aromatic carbocycles. The van der Waals surface area contributed by atoms with Gasteiger partial charge in [0.15, 0.2) is 0 Å². The Balaban J connectivity index is 2.48. The third-order valence-corrected chi connectivity index (χ3v) is 4.20. The molecule has 0 saturated heterocycles. The largest absolute Gasteiger partial charge is 0.495 e. The van der Waals surface area contributed by atoms with E-state index in [1.807, 2.05) is 6.07 Å².